The van der Waals surface area contributed by atoms with Crippen LogP contribution < -0.4 is 0 Å². The molecule has 0 aliphatic heterocycles. The molecule has 1 aromatic rings. The summed E-state index contributed by atoms with van der Waals surface area (Å²) in [7, 11) is 0. The largest absolute Gasteiger partial charge is 0.505 e. The van der Waals surface area contributed by atoms with E-state index in [0.29, 0.717) is 5.92 Å². The Morgan fingerprint density at radius 2 is 1.86 bits per heavy atom. The number of hydrogen-bond acceptors (Lipinski definition) is 1. The molecule has 0 amide bonds. The molecule has 0 spiro atoms. The summed E-state index contributed by atoms with van der Waals surface area (Å²) in [6.45, 7) is 0. The maximum absolute atomic E-state index is 13.1. The van der Waals surface area contributed by atoms with Gasteiger partial charge in [-0.15, -0.1) is 0 Å². The average Bonchev–Trinajstić information content (AvgIpc) is 2.23. The summed E-state index contributed by atoms with van der Waals surface area (Å²) in [5.74, 6) is -0.271. The van der Waals surface area contributed by atoms with E-state index in [1.165, 1.54) is 25.3 Å². The second-order valence-corrected chi connectivity index (χ2v) is 4.01. The summed E-state index contributed by atoms with van der Waals surface area (Å²) in [5, 5.41) is 9.57. The number of benzene rings is 1. The van der Waals surface area contributed by atoms with E-state index in [2.05, 4.69) is 0 Å². The molecule has 1 aromatic carbocycles. The van der Waals surface area contributed by atoms with Gasteiger partial charge in [0.05, 0.1) is 0 Å². The number of aromatic hydroxyl groups is 1. The molecule has 76 valence electrons. The molecule has 0 radical (unpaired) electrons. The number of phenolic OH excluding ortho intramolecular Hbond substituents is 1. The van der Waals surface area contributed by atoms with Crippen LogP contribution in [0.25, 0.3) is 0 Å². The van der Waals surface area contributed by atoms with Crippen LogP contribution >= 0.6 is 0 Å². The number of halogens is 1. The van der Waals surface area contributed by atoms with Crippen molar-refractivity contribution in [3.05, 3.63) is 29.6 Å². The van der Waals surface area contributed by atoms with E-state index in [-0.39, 0.29) is 5.75 Å². The van der Waals surface area contributed by atoms with Crippen molar-refractivity contribution in [2.24, 2.45) is 0 Å². The van der Waals surface area contributed by atoms with Crippen LogP contribution in [-0.4, -0.2) is 5.11 Å². The van der Waals surface area contributed by atoms with E-state index in [4.69, 9.17) is 0 Å². The van der Waals surface area contributed by atoms with Crippen LogP contribution in [0.3, 0.4) is 0 Å². The molecular formula is C12H15FO. The molecule has 14 heavy (non-hydrogen) atoms. The summed E-state index contributed by atoms with van der Waals surface area (Å²) in [6, 6.07) is 4.83. The quantitative estimate of drug-likeness (QED) is 0.724. The van der Waals surface area contributed by atoms with E-state index in [9.17, 15) is 9.50 Å². The van der Waals surface area contributed by atoms with Gasteiger partial charge in [-0.2, -0.15) is 0 Å². The fourth-order valence-corrected chi connectivity index (χ4v) is 2.28. The predicted octanol–water partition coefficient (Wildman–Crippen LogP) is 3.58. The fraction of sp³-hybridized carbons (Fsp3) is 0.500. The Morgan fingerprint density at radius 1 is 1.14 bits per heavy atom. The second-order valence-electron chi connectivity index (χ2n) is 4.01. The molecule has 1 N–H and O–H groups in total. The lowest BCUT2D eigenvalue weighted by Crippen LogP contribution is -2.05. The minimum Gasteiger partial charge on any atom is -0.505 e. The Hall–Kier alpha value is -1.05. The molecule has 1 aliphatic carbocycles. The van der Waals surface area contributed by atoms with Crippen molar-refractivity contribution in [3.8, 4) is 5.75 Å². The Kier molecular flexibility index (Phi) is 2.71. The van der Waals surface area contributed by atoms with Crippen LogP contribution in [-0.2, 0) is 0 Å². The molecule has 1 aliphatic rings. The standard InChI is InChI=1S/C12H15FO/c13-11-8-4-7-10(12(11)14)9-5-2-1-3-6-9/h4,7-9,14H,1-3,5-6H2. The van der Waals surface area contributed by atoms with E-state index in [1.807, 2.05) is 6.07 Å². The molecule has 1 nitrogen and oxygen atoms in total. The van der Waals surface area contributed by atoms with Gasteiger partial charge in [0.15, 0.2) is 11.6 Å². The van der Waals surface area contributed by atoms with Crippen molar-refractivity contribution >= 4 is 0 Å². The number of rotatable bonds is 1. The first-order chi connectivity index (χ1) is 6.79. The summed E-state index contributed by atoms with van der Waals surface area (Å²) in [6.07, 6.45) is 5.82. The zero-order valence-corrected chi connectivity index (χ0v) is 8.17. The monoisotopic (exact) mass is 194 g/mol. The highest BCUT2D eigenvalue weighted by Crippen LogP contribution is 2.37. The third-order valence-corrected chi connectivity index (χ3v) is 3.06. The predicted molar refractivity (Wildman–Crippen MR) is 53.9 cm³/mol. The number of phenols is 1. The van der Waals surface area contributed by atoms with E-state index in [1.54, 1.807) is 6.07 Å². The van der Waals surface area contributed by atoms with Gasteiger partial charge in [0.25, 0.3) is 0 Å². The van der Waals surface area contributed by atoms with Crippen LogP contribution in [0.5, 0.6) is 5.75 Å². The van der Waals surface area contributed by atoms with Crippen molar-refractivity contribution in [2.45, 2.75) is 38.0 Å². The molecule has 0 unspecified atom stereocenters. The zero-order chi connectivity index (χ0) is 9.97. The number of hydrogen-bond donors (Lipinski definition) is 1. The molecule has 2 heteroatoms. The van der Waals surface area contributed by atoms with Crippen LogP contribution in [0.2, 0.25) is 0 Å². The summed E-state index contributed by atoms with van der Waals surface area (Å²) >= 11 is 0. The van der Waals surface area contributed by atoms with Gasteiger partial charge in [0, 0.05) is 5.56 Å². The highest BCUT2D eigenvalue weighted by molar-refractivity contribution is 5.36. The minimum atomic E-state index is -0.493. The zero-order valence-electron chi connectivity index (χ0n) is 8.17. The number of para-hydroxylation sites is 1. The Morgan fingerprint density at radius 3 is 2.57 bits per heavy atom. The van der Waals surface area contributed by atoms with E-state index < -0.39 is 5.82 Å². The molecule has 0 saturated heterocycles. The van der Waals surface area contributed by atoms with Gasteiger partial charge in [0.2, 0.25) is 0 Å². The normalized spacial score (nSPS) is 18.4. The van der Waals surface area contributed by atoms with Crippen molar-refractivity contribution in [1.29, 1.82) is 0 Å². The lowest BCUT2D eigenvalue weighted by molar-refractivity contribution is 0.394. The van der Waals surface area contributed by atoms with Crippen molar-refractivity contribution < 1.29 is 9.50 Å². The first-order valence-corrected chi connectivity index (χ1v) is 5.26. The van der Waals surface area contributed by atoms with Crippen molar-refractivity contribution in [3.63, 3.8) is 0 Å². The summed E-state index contributed by atoms with van der Waals surface area (Å²) < 4.78 is 13.1. The molecular weight excluding hydrogens is 179 g/mol. The Bertz CT molecular complexity index is 316. The average molecular weight is 194 g/mol. The summed E-state index contributed by atoms with van der Waals surface area (Å²) in [5.41, 5.74) is 0.796. The summed E-state index contributed by atoms with van der Waals surface area (Å²) in [4.78, 5) is 0. The lowest BCUT2D eigenvalue weighted by Gasteiger charge is -2.22. The van der Waals surface area contributed by atoms with Gasteiger partial charge in [-0.1, -0.05) is 31.4 Å². The minimum absolute atomic E-state index is 0.139. The maximum atomic E-state index is 13.1. The van der Waals surface area contributed by atoms with Gasteiger partial charge in [-0.3, -0.25) is 0 Å². The highest BCUT2D eigenvalue weighted by Gasteiger charge is 2.19. The van der Waals surface area contributed by atoms with Gasteiger partial charge in [0.1, 0.15) is 0 Å². The van der Waals surface area contributed by atoms with Crippen molar-refractivity contribution in [2.75, 3.05) is 0 Å². The molecule has 0 aromatic heterocycles. The van der Waals surface area contributed by atoms with Gasteiger partial charge in [-0.05, 0) is 24.8 Å². The van der Waals surface area contributed by atoms with Crippen LogP contribution in [0.15, 0.2) is 18.2 Å². The van der Waals surface area contributed by atoms with Crippen LogP contribution in [0, 0.1) is 5.82 Å². The van der Waals surface area contributed by atoms with Gasteiger partial charge >= 0.3 is 0 Å². The van der Waals surface area contributed by atoms with Crippen molar-refractivity contribution in [1.82, 2.24) is 0 Å². The Balaban J connectivity index is 2.26. The molecule has 0 atom stereocenters. The molecule has 0 bridgehead atoms. The lowest BCUT2D eigenvalue weighted by atomic mass is 9.84. The first kappa shape index (κ1) is 9.50. The smallest absolute Gasteiger partial charge is 0.165 e. The van der Waals surface area contributed by atoms with E-state index >= 15 is 0 Å². The van der Waals surface area contributed by atoms with Gasteiger partial charge in [-0.25, -0.2) is 4.39 Å². The molecule has 2 rings (SSSR count). The first-order valence-electron chi connectivity index (χ1n) is 5.26. The van der Waals surface area contributed by atoms with E-state index in [0.717, 1.165) is 18.4 Å². The molecule has 0 heterocycles. The SMILES string of the molecule is Oc1c(F)cccc1C1CCCCC1. The molecule has 1 saturated carbocycles. The second kappa shape index (κ2) is 3.99. The highest BCUT2D eigenvalue weighted by atomic mass is 19.1. The fourth-order valence-electron chi connectivity index (χ4n) is 2.28. The third-order valence-electron chi connectivity index (χ3n) is 3.06. The topological polar surface area (TPSA) is 20.2 Å². The van der Waals surface area contributed by atoms with Crippen LogP contribution in [0.4, 0.5) is 4.39 Å². The maximum Gasteiger partial charge on any atom is 0.165 e. The van der Waals surface area contributed by atoms with Gasteiger partial charge < -0.3 is 5.11 Å². The molecule has 1 fully saturated rings. The van der Waals surface area contributed by atoms with Crippen LogP contribution in [0.1, 0.15) is 43.6 Å². The Labute approximate surface area is 83.6 Å². The third kappa shape index (κ3) is 1.74.